The first-order valence-corrected chi connectivity index (χ1v) is 7.05. The smallest absolute Gasteiger partial charge is 0.191 e. The van der Waals surface area contributed by atoms with Crippen LogP contribution >= 0.6 is 0 Å². The number of hydrogen-bond donors (Lipinski definition) is 2. The topological polar surface area (TPSA) is 45.7 Å². The van der Waals surface area contributed by atoms with E-state index in [1.54, 1.807) is 0 Å². The molecule has 4 nitrogen and oxygen atoms in total. The Morgan fingerprint density at radius 1 is 1.24 bits per heavy atom. The normalized spacial score (nSPS) is 26.4. The van der Waals surface area contributed by atoms with Gasteiger partial charge in [-0.15, -0.1) is 0 Å². The summed E-state index contributed by atoms with van der Waals surface area (Å²) < 4.78 is 5.59. The van der Waals surface area contributed by atoms with E-state index in [1.165, 1.54) is 32.1 Å². The Hall–Kier alpha value is -0.770. The molecule has 0 amide bonds. The molecular weight excluding hydrogens is 214 g/mol. The fraction of sp³-hybridized carbons (Fsp3) is 0.923. The maximum atomic E-state index is 5.59. The van der Waals surface area contributed by atoms with Gasteiger partial charge in [0.25, 0.3) is 0 Å². The van der Waals surface area contributed by atoms with Gasteiger partial charge in [0.05, 0.1) is 12.6 Å². The van der Waals surface area contributed by atoms with Crippen LogP contribution in [0.15, 0.2) is 4.99 Å². The Morgan fingerprint density at radius 3 is 2.71 bits per heavy atom. The van der Waals surface area contributed by atoms with Gasteiger partial charge in [0.1, 0.15) is 0 Å². The summed E-state index contributed by atoms with van der Waals surface area (Å²) in [6, 6.07) is 0.622. The number of ether oxygens (including phenoxy) is 1. The third kappa shape index (κ3) is 4.19. The molecule has 2 rings (SSSR count). The molecule has 0 bridgehead atoms. The third-order valence-corrected chi connectivity index (χ3v) is 3.52. The minimum atomic E-state index is 0.342. The summed E-state index contributed by atoms with van der Waals surface area (Å²) in [4.78, 5) is 4.63. The highest BCUT2D eigenvalue weighted by Crippen LogP contribution is 2.17. The molecule has 1 aliphatic carbocycles. The van der Waals surface area contributed by atoms with Crippen LogP contribution in [-0.4, -0.2) is 37.8 Å². The summed E-state index contributed by atoms with van der Waals surface area (Å²) >= 11 is 0. The molecule has 17 heavy (non-hydrogen) atoms. The first-order valence-electron chi connectivity index (χ1n) is 7.05. The van der Waals surface area contributed by atoms with Crippen molar-refractivity contribution >= 4 is 5.96 Å². The second-order valence-electron chi connectivity index (χ2n) is 4.98. The highest BCUT2D eigenvalue weighted by molar-refractivity contribution is 5.80. The first-order chi connectivity index (χ1) is 8.38. The predicted octanol–water partition coefficient (Wildman–Crippen LogP) is 1.66. The Bertz CT molecular complexity index is 243. The van der Waals surface area contributed by atoms with Gasteiger partial charge in [-0.25, -0.2) is 0 Å². The first kappa shape index (κ1) is 12.7. The van der Waals surface area contributed by atoms with Crippen LogP contribution in [-0.2, 0) is 4.74 Å². The second-order valence-corrected chi connectivity index (χ2v) is 4.98. The average Bonchev–Trinajstić information content (AvgIpc) is 2.99. The third-order valence-electron chi connectivity index (χ3n) is 3.52. The lowest BCUT2D eigenvalue weighted by Gasteiger charge is -2.17. The summed E-state index contributed by atoms with van der Waals surface area (Å²) in [6.07, 6.45) is 7.95. The lowest BCUT2D eigenvalue weighted by molar-refractivity contribution is 0.117. The summed E-state index contributed by atoms with van der Waals surface area (Å²) in [5, 5.41) is 6.84. The van der Waals surface area contributed by atoms with Crippen LogP contribution in [0.2, 0.25) is 0 Å². The van der Waals surface area contributed by atoms with Crippen molar-refractivity contribution < 1.29 is 4.74 Å². The molecule has 2 aliphatic rings. The van der Waals surface area contributed by atoms with E-state index in [0.29, 0.717) is 12.1 Å². The van der Waals surface area contributed by atoms with Crippen LogP contribution in [0.25, 0.3) is 0 Å². The minimum absolute atomic E-state index is 0.342. The number of nitrogens with zero attached hydrogens (tertiary/aromatic N) is 1. The zero-order chi connectivity index (χ0) is 11.9. The average molecular weight is 239 g/mol. The number of rotatable bonds is 4. The summed E-state index contributed by atoms with van der Waals surface area (Å²) in [6.45, 7) is 4.73. The maximum Gasteiger partial charge on any atom is 0.191 e. The van der Waals surface area contributed by atoms with Gasteiger partial charge in [-0.2, -0.15) is 0 Å². The van der Waals surface area contributed by atoms with Crippen molar-refractivity contribution in [2.24, 2.45) is 4.99 Å². The zero-order valence-electron chi connectivity index (χ0n) is 10.9. The van der Waals surface area contributed by atoms with Crippen molar-refractivity contribution in [1.82, 2.24) is 10.6 Å². The van der Waals surface area contributed by atoms with E-state index >= 15 is 0 Å². The maximum absolute atomic E-state index is 5.59. The van der Waals surface area contributed by atoms with E-state index in [-0.39, 0.29) is 0 Å². The zero-order valence-corrected chi connectivity index (χ0v) is 10.9. The molecule has 0 radical (unpaired) electrons. The lowest BCUT2D eigenvalue weighted by atomic mass is 10.2. The molecule has 98 valence electrons. The summed E-state index contributed by atoms with van der Waals surface area (Å²) in [7, 11) is 0. The monoisotopic (exact) mass is 239 g/mol. The van der Waals surface area contributed by atoms with E-state index < -0.39 is 0 Å². The molecule has 1 saturated heterocycles. The highest BCUT2D eigenvalue weighted by Gasteiger charge is 2.17. The van der Waals surface area contributed by atoms with Crippen LogP contribution in [0, 0.1) is 0 Å². The van der Waals surface area contributed by atoms with Crippen LogP contribution in [0.4, 0.5) is 0 Å². The molecule has 0 spiro atoms. The molecule has 2 fully saturated rings. The molecular formula is C13H25N3O. The van der Waals surface area contributed by atoms with E-state index in [2.05, 4.69) is 22.5 Å². The number of nitrogens with one attached hydrogen (secondary N) is 2. The minimum Gasteiger partial charge on any atom is -0.376 e. The van der Waals surface area contributed by atoms with Gasteiger partial charge in [-0.1, -0.05) is 12.8 Å². The summed E-state index contributed by atoms with van der Waals surface area (Å²) in [5.74, 6) is 0.968. The molecule has 1 atom stereocenters. The van der Waals surface area contributed by atoms with Gasteiger partial charge in [0.2, 0.25) is 0 Å². The Balaban J connectivity index is 1.78. The molecule has 1 unspecified atom stereocenters. The van der Waals surface area contributed by atoms with E-state index in [1.807, 2.05) is 0 Å². The van der Waals surface area contributed by atoms with Crippen molar-refractivity contribution in [2.45, 2.75) is 57.6 Å². The van der Waals surface area contributed by atoms with Crippen molar-refractivity contribution in [3.63, 3.8) is 0 Å². The molecule has 0 aromatic carbocycles. The molecule has 1 saturated carbocycles. The number of aliphatic imine (C=N–C) groups is 1. The highest BCUT2D eigenvalue weighted by atomic mass is 16.5. The largest absolute Gasteiger partial charge is 0.376 e. The van der Waals surface area contributed by atoms with E-state index in [0.717, 1.165) is 32.1 Å². The standard InChI is InChI=1S/C13H25N3O/c1-2-14-13(16-11-6-3-4-7-11)15-10-12-8-5-9-17-12/h11-12H,2-10H2,1H3,(H2,14,15,16). The van der Waals surface area contributed by atoms with Crippen LogP contribution in [0.3, 0.4) is 0 Å². The molecule has 2 N–H and O–H groups in total. The van der Waals surface area contributed by atoms with Gasteiger partial charge >= 0.3 is 0 Å². The second kappa shape index (κ2) is 6.84. The Kier molecular flexibility index (Phi) is 5.10. The van der Waals surface area contributed by atoms with Gasteiger partial charge in [0.15, 0.2) is 5.96 Å². The van der Waals surface area contributed by atoms with Crippen molar-refractivity contribution in [3.05, 3.63) is 0 Å². The van der Waals surface area contributed by atoms with E-state index in [9.17, 15) is 0 Å². The van der Waals surface area contributed by atoms with Gasteiger partial charge in [0, 0.05) is 19.2 Å². The van der Waals surface area contributed by atoms with Crippen molar-refractivity contribution in [1.29, 1.82) is 0 Å². The number of guanidine groups is 1. The van der Waals surface area contributed by atoms with Gasteiger partial charge in [-0.3, -0.25) is 4.99 Å². The Morgan fingerprint density at radius 2 is 2.06 bits per heavy atom. The van der Waals surface area contributed by atoms with E-state index in [4.69, 9.17) is 4.74 Å². The SMILES string of the molecule is CCNC(=NCC1CCCO1)NC1CCCC1. The molecule has 1 aliphatic heterocycles. The quantitative estimate of drug-likeness (QED) is 0.579. The van der Waals surface area contributed by atoms with Crippen molar-refractivity contribution in [3.8, 4) is 0 Å². The molecule has 1 heterocycles. The predicted molar refractivity (Wildman–Crippen MR) is 70.3 cm³/mol. The van der Waals surface area contributed by atoms with Crippen LogP contribution in [0.1, 0.15) is 45.4 Å². The molecule has 0 aromatic heterocycles. The van der Waals surface area contributed by atoms with Crippen molar-refractivity contribution in [2.75, 3.05) is 19.7 Å². The van der Waals surface area contributed by atoms with Crippen LogP contribution < -0.4 is 10.6 Å². The van der Waals surface area contributed by atoms with Gasteiger partial charge < -0.3 is 15.4 Å². The lowest BCUT2D eigenvalue weighted by Crippen LogP contribution is -2.42. The number of hydrogen-bond acceptors (Lipinski definition) is 2. The van der Waals surface area contributed by atoms with Crippen LogP contribution in [0.5, 0.6) is 0 Å². The molecule has 4 heteroatoms. The fourth-order valence-electron chi connectivity index (χ4n) is 2.56. The fourth-order valence-corrected chi connectivity index (χ4v) is 2.56. The Labute approximate surface area is 104 Å². The molecule has 0 aromatic rings. The van der Waals surface area contributed by atoms with Gasteiger partial charge in [-0.05, 0) is 32.6 Å². The summed E-state index contributed by atoms with van der Waals surface area (Å²) in [5.41, 5.74) is 0.